The smallest absolute Gasteiger partial charge is 0.261 e. The topological polar surface area (TPSA) is 117 Å². The lowest BCUT2D eigenvalue weighted by Crippen LogP contribution is -2.26. The Morgan fingerprint density at radius 2 is 2.12 bits per heavy atom. The number of imidazole rings is 1. The Labute approximate surface area is 195 Å². The Morgan fingerprint density at radius 3 is 2.74 bits per heavy atom. The third kappa shape index (κ3) is 3.58. The predicted molar refractivity (Wildman–Crippen MR) is 120 cm³/mol. The average molecular weight is 465 g/mol. The number of hydrogen-bond acceptors (Lipinski definition) is 7. The van der Waals surface area contributed by atoms with E-state index in [0.717, 1.165) is 50.2 Å². The van der Waals surface area contributed by atoms with Crippen LogP contribution in [0.15, 0.2) is 37.1 Å². The quantitative estimate of drug-likeness (QED) is 0.576. The molecule has 1 aliphatic heterocycles. The lowest BCUT2D eigenvalue weighted by molar-refractivity contribution is -0.00627. The molecule has 0 spiro atoms. The average Bonchev–Trinajstić information content (AvgIpc) is 3.28. The number of carbonyl (C=O) groups excluding carboxylic acids is 1. The summed E-state index contributed by atoms with van der Waals surface area (Å²) >= 11 is 0. The second kappa shape index (κ2) is 7.49. The summed E-state index contributed by atoms with van der Waals surface area (Å²) < 4.78 is 27.2. The summed E-state index contributed by atoms with van der Waals surface area (Å²) in [6.45, 7) is 2.82. The van der Waals surface area contributed by atoms with Gasteiger partial charge in [0.25, 0.3) is 5.91 Å². The van der Waals surface area contributed by atoms with Gasteiger partial charge in [0, 0.05) is 30.1 Å². The fourth-order valence-corrected chi connectivity index (χ4v) is 4.97. The van der Waals surface area contributed by atoms with E-state index in [0.29, 0.717) is 23.6 Å². The standard InChI is InChI=1S/C24H25FN6O3/c1-23-4-5-24(12-23,13-33-23)19-11-31-10-16(18(6-20(31)30-19)34-15-2-3-15)22(32)29-17(7-26)21-27-8-14(25)9-28-21/h6-11,15H,2-5,12-13,26H2,1H3,(H,29,32)/b17-7+. The first-order chi connectivity index (χ1) is 16.4. The van der Waals surface area contributed by atoms with E-state index in [9.17, 15) is 9.18 Å². The Hall–Kier alpha value is -3.53. The Morgan fingerprint density at radius 1 is 1.32 bits per heavy atom. The van der Waals surface area contributed by atoms with Crippen molar-refractivity contribution >= 4 is 17.3 Å². The molecule has 3 N–H and O–H groups in total. The molecule has 3 aromatic heterocycles. The largest absolute Gasteiger partial charge is 0.489 e. The number of ether oxygens (including phenoxy) is 2. The van der Waals surface area contributed by atoms with Crippen molar-refractivity contribution in [3.8, 4) is 5.75 Å². The van der Waals surface area contributed by atoms with Crippen LogP contribution in [0.25, 0.3) is 11.3 Å². The van der Waals surface area contributed by atoms with Gasteiger partial charge in [0.1, 0.15) is 17.1 Å². The molecular weight excluding hydrogens is 439 g/mol. The molecule has 2 saturated carbocycles. The number of carbonyl (C=O) groups is 1. The molecule has 0 radical (unpaired) electrons. The molecule has 1 saturated heterocycles. The molecule has 9 nitrogen and oxygen atoms in total. The minimum absolute atomic E-state index is 0.0749. The van der Waals surface area contributed by atoms with Gasteiger partial charge in [-0.15, -0.1) is 0 Å². The van der Waals surface area contributed by atoms with Crippen molar-refractivity contribution < 1.29 is 18.7 Å². The fraction of sp³-hybridized carbons (Fsp3) is 0.417. The number of hydrogen-bond donors (Lipinski definition) is 2. The zero-order chi connectivity index (χ0) is 23.5. The van der Waals surface area contributed by atoms with Crippen LogP contribution in [0, 0.1) is 5.82 Å². The molecule has 10 heteroatoms. The number of nitrogens with two attached hydrogens (primary N) is 1. The van der Waals surface area contributed by atoms with Crippen LogP contribution in [-0.2, 0) is 10.2 Å². The maximum Gasteiger partial charge on any atom is 0.261 e. The van der Waals surface area contributed by atoms with E-state index in [-0.39, 0.29) is 28.6 Å². The van der Waals surface area contributed by atoms with Gasteiger partial charge in [-0.2, -0.15) is 0 Å². The van der Waals surface area contributed by atoms with Crippen LogP contribution in [0.4, 0.5) is 4.39 Å². The van der Waals surface area contributed by atoms with Crippen molar-refractivity contribution in [1.29, 1.82) is 0 Å². The minimum Gasteiger partial charge on any atom is -0.489 e. The summed E-state index contributed by atoms with van der Waals surface area (Å²) in [5, 5.41) is 2.73. The molecule has 6 rings (SSSR count). The molecule has 2 atom stereocenters. The number of nitrogens with one attached hydrogen (secondary N) is 1. The van der Waals surface area contributed by atoms with Crippen LogP contribution in [-0.4, -0.2) is 43.6 Å². The number of halogens is 1. The number of nitrogens with zero attached hydrogens (tertiary/aromatic N) is 4. The van der Waals surface area contributed by atoms with E-state index >= 15 is 0 Å². The molecule has 1 amide bonds. The van der Waals surface area contributed by atoms with Crippen LogP contribution >= 0.6 is 0 Å². The SMILES string of the molecule is CC12CCC(c3cn4cc(C(=O)N/C(=C/N)c5ncc(F)cn5)c(OC5CC5)cc4n3)(CO1)C2. The van der Waals surface area contributed by atoms with E-state index in [1.165, 1.54) is 6.20 Å². The number of pyridine rings is 1. The van der Waals surface area contributed by atoms with Gasteiger partial charge in [0.05, 0.1) is 42.0 Å². The monoisotopic (exact) mass is 464 g/mol. The van der Waals surface area contributed by atoms with E-state index < -0.39 is 11.7 Å². The summed E-state index contributed by atoms with van der Waals surface area (Å²) in [4.78, 5) is 26.0. The molecular formula is C24H25FN6O3. The van der Waals surface area contributed by atoms with Crippen molar-refractivity contribution in [1.82, 2.24) is 24.7 Å². The van der Waals surface area contributed by atoms with E-state index in [4.69, 9.17) is 20.2 Å². The second-order valence-corrected chi connectivity index (χ2v) is 9.72. The highest BCUT2D eigenvalue weighted by Gasteiger charge is 2.55. The van der Waals surface area contributed by atoms with Crippen molar-refractivity contribution in [2.45, 2.75) is 56.1 Å². The first kappa shape index (κ1) is 21.0. The molecule has 2 aliphatic carbocycles. The summed E-state index contributed by atoms with van der Waals surface area (Å²) in [6.07, 6.45) is 11.9. The van der Waals surface area contributed by atoms with E-state index in [1.807, 2.05) is 10.6 Å². The van der Waals surface area contributed by atoms with Gasteiger partial charge in [-0.05, 0) is 39.0 Å². The molecule has 0 aromatic carbocycles. The molecule has 2 unspecified atom stereocenters. The van der Waals surface area contributed by atoms with Gasteiger partial charge < -0.3 is 24.9 Å². The summed E-state index contributed by atoms with van der Waals surface area (Å²) in [6, 6.07) is 1.80. The van der Waals surface area contributed by atoms with Crippen LogP contribution in [0.3, 0.4) is 0 Å². The third-order valence-corrected chi connectivity index (χ3v) is 6.98. The zero-order valence-electron chi connectivity index (χ0n) is 18.8. The molecule has 3 fully saturated rings. The van der Waals surface area contributed by atoms with Crippen molar-refractivity contribution in [3.05, 3.63) is 60.0 Å². The van der Waals surface area contributed by atoms with Crippen LogP contribution < -0.4 is 15.8 Å². The predicted octanol–water partition coefficient (Wildman–Crippen LogP) is 2.70. The Kier molecular flexibility index (Phi) is 4.63. The molecule has 34 heavy (non-hydrogen) atoms. The summed E-state index contributed by atoms with van der Waals surface area (Å²) in [5.41, 5.74) is 7.73. The second-order valence-electron chi connectivity index (χ2n) is 9.72. The van der Waals surface area contributed by atoms with Gasteiger partial charge >= 0.3 is 0 Å². The number of rotatable bonds is 6. The van der Waals surface area contributed by atoms with Crippen LogP contribution in [0.1, 0.15) is 60.9 Å². The van der Waals surface area contributed by atoms with Gasteiger partial charge in [-0.25, -0.2) is 19.3 Å². The van der Waals surface area contributed by atoms with E-state index in [1.54, 1.807) is 12.3 Å². The summed E-state index contributed by atoms with van der Waals surface area (Å²) in [7, 11) is 0. The highest BCUT2D eigenvalue weighted by atomic mass is 19.1. The van der Waals surface area contributed by atoms with E-state index in [2.05, 4.69) is 22.2 Å². The van der Waals surface area contributed by atoms with Crippen molar-refractivity contribution in [2.75, 3.05) is 6.61 Å². The molecule has 3 aliphatic rings. The first-order valence-corrected chi connectivity index (χ1v) is 11.4. The Bertz CT molecular complexity index is 1310. The lowest BCUT2D eigenvalue weighted by atomic mass is 9.84. The van der Waals surface area contributed by atoms with Crippen molar-refractivity contribution in [3.63, 3.8) is 0 Å². The van der Waals surface area contributed by atoms with Crippen molar-refractivity contribution in [2.24, 2.45) is 5.73 Å². The third-order valence-electron chi connectivity index (χ3n) is 6.98. The summed E-state index contributed by atoms with van der Waals surface area (Å²) in [5.74, 6) is -0.453. The highest BCUT2D eigenvalue weighted by molar-refractivity contribution is 6.01. The number of aromatic nitrogens is 4. The minimum atomic E-state index is -0.581. The number of amides is 1. The van der Waals surface area contributed by atoms with Gasteiger partial charge in [-0.3, -0.25) is 4.79 Å². The van der Waals surface area contributed by atoms with Crippen LogP contribution in [0.5, 0.6) is 5.75 Å². The highest BCUT2D eigenvalue weighted by Crippen LogP contribution is 2.53. The maximum atomic E-state index is 13.3. The Balaban J connectivity index is 1.34. The molecule has 176 valence electrons. The molecule has 2 bridgehead atoms. The first-order valence-electron chi connectivity index (χ1n) is 11.4. The normalized spacial score (nSPS) is 26.2. The van der Waals surface area contributed by atoms with Gasteiger partial charge in [0.2, 0.25) is 0 Å². The molecule has 4 heterocycles. The van der Waals surface area contributed by atoms with Gasteiger partial charge in [-0.1, -0.05) is 0 Å². The lowest BCUT2D eigenvalue weighted by Gasteiger charge is -2.24. The number of fused-ring (bicyclic) bond motifs is 3. The van der Waals surface area contributed by atoms with Crippen LogP contribution in [0.2, 0.25) is 0 Å². The fourth-order valence-electron chi connectivity index (χ4n) is 4.97. The van der Waals surface area contributed by atoms with Gasteiger partial charge in [0.15, 0.2) is 11.6 Å². The molecule has 3 aromatic rings. The maximum absolute atomic E-state index is 13.3. The zero-order valence-corrected chi connectivity index (χ0v) is 18.8.